The van der Waals surface area contributed by atoms with Crippen molar-refractivity contribution < 1.29 is 17.6 Å². The second-order valence-corrected chi connectivity index (χ2v) is 7.08. The lowest BCUT2D eigenvalue weighted by Crippen LogP contribution is -2.21. The van der Waals surface area contributed by atoms with Crippen LogP contribution in [0.1, 0.15) is 22.3 Å². The molecule has 4 aliphatic carbocycles. The van der Waals surface area contributed by atoms with E-state index in [2.05, 4.69) is 31.9 Å². The van der Waals surface area contributed by atoms with Gasteiger partial charge in [0.05, 0.1) is 0 Å². The molecule has 2 aromatic rings. The Bertz CT molecular complexity index is 661. The molecule has 4 bridgehead atoms. The molecule has 0 N–H and O–H groups in total. The molecular formula is C16H10Br2F4. The van der Waals surface area contributed by atoms with Crippen molar-refractivity contribution >= 4 is 31.9 Å². The van der Waals surface area contributed by atoms with E-state index in [0.29, 0.717) is 20.1 Å². The quantitative estimate of drug-likeness (QED) is 0.431. The van der Waals surface area contributed by atoms with Crippen LogP contribution in [-0.2, 0) is 24.7 Å². The van der Waals surface area contributed by atoms with Gasteiger partial charge in [-0.1, -0.05) is 56.1 Å². The molecule has 116 valence electrons. The molecule has 0 heterocycles. The molecule has 0 nitrogen and oxygen atoms in total. The van der Waals surface area contributed by atoms with Crippen LogP contribution in [-0.4, -0.2) is 0 Å². The number of alkyl halides is 4. The van der Waals surface area contributed by atoms with Crippen LogP contribution in [0.25, 0.3) is 0 Å². The summed E-state index contributed by atoms with van der Waals surface area (Å²) in [6.45, 7) is 0. The SMILES string of the molecule is FC1(F)Cc2cc(Br)c(cc2Br)CC(F)(F)c2ccc1cc2. The van der Waals surface area contributed by atoms with Crippen molar-refractivity contribution in [2.75, 3.05) is 0 Å². The van der Waals surface area contributed by atoms with E-state index in [1.807, 2.05) is 0 Å². The molecule has 6 heteroatoms. The van der Waals surface area contributed by atoms with E-state index >= 15 is 0 Å². The Morgan fingerprint density at radius 3 is 1.32 bits per heavy atom. The van der Waals surface area contributed by atoms with E-state index in [4.69, 9.17) is 0 Å². The largest absolute Gasteiger partial charge is 0.277 e. The third-order valence-electron chi connectivity index (χ3n) is 3.77. The molecule has 22 heavy (non-hydrogen) atoms. The summed E-state index contributed by atoms with van der Waals surface area (Å²) in [5, 5.41) is 0. The van der Waals surface area contributed by atoms with Crippen LogP contribution in [0, 0.1) is 0 Å². The molecule has 0 spiro atoms. The Morgan fingerprint density at radius 2 is 1.00 bits per heavy atom. The smallest absolute Gasteiger partial charge is 0.201 e. The van der Waals surface area contributed by atoms with Crippen LogP contribution in [0.5, 0.6) is 0 Å². The van der Waals surface area contributed by atoms with E-state index < -0.39 is 24.7 Å². The average Bonchev–Trinajstić information content (AvgIpc) is 2.43. The van der Waals surface area contributed by atoms with Crippen molar-refractivity contribution in [3.05, 3.63) is 67.6 Å². The van der Waals surface area contributed by atoms with Gasteiger partial charge in [-0.2, -0.15) is 0 Å². The maximum absolute atomic E-state index is 14.4. The number of halogens is 6. The molecule has 0 aliphatic heterocycles. The first-order valence-electron chi connectivity index (χ1n) is 6.52. The minimum atomic E-state index is -3.13. The van der Waals surface area contributed by atoms with Gasteiger partial charge in [0.25, 0.3) is 11.8 Å². The van der Waals surface area contributed by atoms with E-state index in [1.54, 1.807) is 0 Å². The first kappa shape index (κ1) is 16.0. The van der Waals surface area contributed by atoms with Crippen molar-refractivity contribution in [2.45, 2.75) is 24.7 Å². The van der Waals surface area contributed by atoms with Gasteiger partial charge in [0.1, 0.15) is 0 Å². The van der Waals surface area contributed by atoms with Crippen LogP contribution in [0.15, 0.2) is 45.3 Å². The molecule has 0 fully saturated rings. The van der Waals surface area contributed by atoms with Crippen molar-refractivity contribution in [3.8, 4) is 0 Å². The highest BCUT2D eigenvalue weighted by atomic mass is 79.9. The fraction of sp³-hybridized carbons (Fsp3) is 0.250. The summed E-state index contributed by atoms with van der Waals surface area (Å²) in [7, 11) is 0. The fourth-order valence-electron chi connectivity index (χ4n) is 2.54. The Labute approximate surface area is 141 Å². The number of hydrogen-bond acceptors (Lipinski definition) is 0. The first-order valence-corrected chi connectivity index (χ1v) is 8.11. The van der Waals surface area contributed by atoms with E-state index in [9.17, 15) is 17.6 Å². The van der Waals surface area contributed by atoms with Gasteiger partial charge in [0, 0.05) is 32.9 Å². The molecular weight excluding hydrogens is 428 g/mol. The second-order valence-electron chi connectivity index (χ2n) is 5.37. The fourth-order valence-corrected chi connectivity index (χ4v) is 3.60. The van der Waals surface area contributed by atoms with Gasteiger partial charge < -0.3 is 0 Å². The van der Waals surface area contributed by atoms with Gasteiger partial charge in [0.15, 0.2) is 0 Å². The van der Waals surface area contributed by atoms with Crippen LogP contribution in [0.3, 0.4) is 0 Å². The summed E-state index contributed by atoms with van der Waals surface area (Å²) in [5.74, 6) is -6.26. The minimum absolute atomic E-state index is 0.264. The summed E-state index contributed by atoms with van der Waals surface area (Å²) in [6.07, 6.45) is -0.996. The van der Waals surface area contributed by atoms with Crippen molar-refractivity contribution in [2.24, 2.45) is 0 Å². The lowest BCUT2D eigenvalue weighted by atomic mass is 9.93. The highest BCUT2D eigenvalue weighted by molar-refractivity contribution is 9.11. The maximum Gasteiger partial charge on any atom is 0.277 e. The van der Waals surface area contributed by atoms with Gasteiger partial charge in [-0.3, -0.25) is 0 Å². The van der Waals surface area contributed by atoms with Crippen LogP contribution in [0.4, 0.5) is 17.6 Å². The topological polar surface area (TPSA) is 0 Å². The lowest BCUT2D eigenvalue weighted by molar-refractivity contribution is -0.00904. The number of benzene rings is 2. The Balaban J connectivity index is 2.24. The van der Waals surface area contributed by atoms with Crippen LogP contribution >= 0.6 is 31.9 Å². The van der Waals surface area contributed by atoms with Crippen molar-refractivity contribution in [3.63, 3.8) is 0 Å². The normalized spacial score (nSPS) is 18.8. The van der Waals surface area contributed by atoms with Crippen molar-refractivity contribution in [1.82, 2.24) is 0 Å². The van der Waals surface area contributed by atoms with E-state index in [-0.39, 0.29) is 11.1 Å². The standard InChI is InChI=1S/C16H10Br2F4/c17-13-6-10-8-16(21,22)12-2-1-11(3-4-12)15(19,20)7-9(13)5-14(10)18/h1-6H,7-8H2. The first-order chi connectivity index (χ1) is 10.2. The zero-order valence-corrected chi connectivity index (χ0v) is 14.3. The third-order valence-corrected chi connectivity index (χ3v) is 5.25. The number of rotatable bonds is 0. The van der Waals surface area contributed by atoms with Gasteiger partial charge in [-0.05, 0) is 23.3 Å². The second kappa shape index (κ2) is 5.34. The predicted octanol–water partition coefficient (Wildman–Crippen LogP) is 6.19. The Hall–Kier alpha value is -0.880. The highest BCUT2D eigenvalue weighted by Gasteiger charge is 2.37. The summed E-state index contributed by atoms with van der Waals surface area (Å²) < 4.78 is 58.3. The molecule has 0 aromatic heterocycles. The van der Waals surface area contributed by atoms with Crippen LogP contribution in [0.2, 0.25) is 0 Å². The van der Waals surface area contributed by atoms with Crippen molar-refractivity contribution in [1.29, 1.82) is 0 Å². The van der Waals surface area contributed by atoms with Gasteiger partial charge in [-0.15, -0.1) is 0 Å². The number of hydrogen-bond donors (Lipinski definition) is 0. The molecule has 0 unspecified atom stereocenters. The molecule has 4 aliphatic rings. The molecule has 0 amide bonds. The molecule has 0 saturated carbocycles. The third kappa shape index (κ3) is 2.83. The zero-order valence-electron chi connectivity index (χ0n) is 11.1. The zero-order chi connectivity index (χ0) is 16.1. The minimum Gasteiger partial charge on any atom is -0.201 e. The van der Waals surface area contributed by atoms with Gasteiger partial charge >= 0.3 is 0 Å². The van der Waals surface area contributed by atoms with E-state index in [0.717, 1.165) is 24.3 Å². The lowest BCUT2D eigenvalue weighted by Gasteiger charge is -2.23. The molecule has 0 radical (unpaired) electrons. The molecule has 0 atom stereocenters. The molecule has 2 aromatic carbocycles. The Morgan fingerprint density at radius 1 is 0.682 bits per heavy atom. The summed E-state index contributed by atoms with van der Waals surface area (Å²) in [5.41, 5.74) is 0.210. The maximum atomic E-state index is 14.4. The summed E-state index contributed by atoms with van der Waals surface area (Å²) >= 11 is 6.43. The van der Waals surface area contributed by atoms with E-state index in [1.165, 1.54) is 12.1 Å². The highest BCUT2D eigenvalue weighted by Crippen LogP contribution is 2.41. The van der Waals surface area contributed by atoms with Gasteiger partial charge in [-0.25, -0.2) is 17.6 Å². The summed E-state index contributed by atoms with van der Waals surface area (Å²) in [4.78, 5) is 0. The Kier molecular flexibility index (Phi) is 3.88. The monoisotopic (exact) mass is 436 g/mol. The average molecular weight is 438 g/mol. The van der Waals surface area contributed by atoms with Gasteiger partial charge in [0.2, 0.25) is 0 Å². The van der Waals surface area contributed by atoms with Crippen LogP contribution < -0.4 is 0 Å². The predicted molar refractivity (Wildman–Crippen MR) is 83.5 cm³/mol. The molecule has 0 saturated heterocycles. The molecule has 6 rings (SSSR count). The summed E-state index contributed by atoms with van der Waals surface area (Å²) in [6, 6.07) is 7.30.